The number of hydrogen-bond acceptors (Lipinski definition) is 8. The lowest BCUT2D eigenvalue weighted by molar-refractivity contribution is -0.160. The van der Waals surface area contributed by atoms with Gasteiger partial charge in [-0.05, 0) is 25.7 Å². The first kappa shape index (κ1) is 30.5. The maximum absolute atomic E-state index is 11.8. The van der Waals surface area contributed by atoms with Crippen molar-refractivity contribution >= 4 is 11.9 Å². The van der Waals surface area contributed by atoms with Crippen LogP contribution in [0.25, 0.3) is 0 Å². The molecule has 33 heavy (non-hydrogen) atoms. The average molecular weight is 467 g/mol. The fraction of sp³-hybridized carbons (Fsp3) is 0.520. The third-order valence-electron chi connectivity index (χ3n) is 4.23. The molecule has 0 aliphatic heterocycles. The second-order valence-corrected chi connectivity index (χ2v) is 7.27. The summed E-state index contributed by atoms with van der Waals surface area (Å²) in [5, 5.41) is 38.8. The summed E-state index contributed by atoms with van der Waals surface area (Å²) in [6.45, 7) is 2.56. The molecular formula is C25H38O8. The Morgan fingerprint density at radius 2 is 1.58 bits per heavy atom. The van der Waals surface area contributed by atoms with Gasteiger partial charge in [-0.2, -0.15) is 0 Å². The highest BCUT2D eigenvalue weighted by molar-refractivity contribution is 5.69. The maximum atomic E-state index is 11.8. The Morgan fingerprint density at radius 3 is 2.18 bits per heavy atom. The van der Waals surface area contributed by atoms with Crippen LogP contribution in [-0.4, -0.2) is 70.0 Å². The minimum atomic E-state index is -1.09. The van der Waals surface area contributed by atoms with E-state index in [1.807, 2.05) is 19.1 Å². The predicted molar refractivity (Wildman–Crippen MR) is 126 cm³/mol. The van der Waals surface area contributed by atoms with Crippen LogP contribution >= 0.6 is 0 Å². The highest BCUT2D eigenvalue weighted by atomic mass is 16.6. The van der Waals surface area contributed by atoms with E-state index in [2.05, 4.69) is 4.74 Å². The lowest BCUT2D eigenvalue weighted by atomic mass is 10.1. The molecule has 8 heteroatoms. The van der Waals surface area contributed by atoms with Crippen LogP contribution in [0.15, 0.2) is 60.8 Å². The van der Waals surface area contributed by atoms with Crippen molar-refractivity contribution in [3.63, 3.8) is 0 Å². The average Bonchev–Trinajstić information content (AvgIpc) is 2.78. The van der Waals surface area contributed by atoms with Gasteiger partial charge in [0.1, 0.15) is 6.61 Å². The highest BCUT2D eigenvalue weighted by Crippen LogP contribution is 2.08. The van der Waals surface area contributed by atoms with E-state index in [1.165, 1.54) is 13.0 Å². The topological polar surface area (TPSA) is 134 Å². The van der Waals surface area contributed by atoms with Gasteiger partial charge in [0.05, 0.1) is 24.9 Å². The Hall–Kier alpha value is -2.52. The number of aliphatic hydroxyl groups excluding tert-OH is 4. The molecule has 0 aromatic heterocycles. The Labute approximate surface area is 196 Å². The van der Waals surface area contributed by atoms with Crippen LogP contribution in [0, 0.1) is 0 Å². The third-order valence-corrected chi connectivity index (χ3v) is 4.23. The van der Waals surface area contributed by atoms with Crippen molar-refractivity contribution in [2.75, 3.05) is 13.2 Å². The zero-order chi connectivity index (χ0) is 24.9. The van der Waals surface area contributed by atoms with Crippen molar-refractivity contribution in [2.45, 2.75) is 70.4 Å². The summed E-state index contributed by atoms with van der Waals surface area (Å²) in [5.41, 5.74) is 0. The molecule has 0 unspecified atom stereocenters. The van der Waals surface area contributed by atoms with Crippen LogP contribution < -0.4 is 0 Å². The van der Waals surface area contributed by atoms with Gasteiger partial charge in [0.25, 0.3) is 0 Å². The standard InChI is InChI=1S/C25H38O8/c1-3-4-9-13-21(28)14-10-7-5-6-8-11-15-23(29)24(30)16-12-17-25(31)33-22(18-26)19-32-20(2)27/h4-11,14-15,21-24,26,28-30H,3,12-13,16-19H2,1-2H3/b7-5+,8-6-,9-4-,14-10+,15-11-/t21-,22-,23+,24+/m0/s1. The molecule has 0 amide bonds. The molecule has 4 N–H and O–H groups in total. The van der Waals surface area contributed by atoms with Crippen LogP contribution in [0.5, 0.6) is 0 Å². The fourth-order valence-electron chi connectivity index (χ4n) is 2.44. The van der Waals surface area contributed by atoms with E-state index >= 15 is 0 Å². The van der Waals surface area contributed by atoms with E-state index in [4.69, 9.17) is 9.84 Å². The molecule has 0 aliphatic carbocycles. The van der Waals surface area contributed by atoms with Crippen LogP contribution in [0.2, 0.25) is 0 Å². The van der Waals surface area contributed by atoms with E-state index in [1.54, 1.807) is 42.5 Å². The van der Waals surface area contributed by atoms with Gasteiger partial charge in [0.15, 0.2) is 6.10 Å². The van der Waals surface area contributed by atoms with E-state index in [0.717, 1.165) is 6.42 Å². The molecule has 0 fully saturated rings. The Bertz CT molecular complexity index is 678. The predicted octanol–water partition coefficient (Wildman–Crippen LogP) is 2.29. The Kier molecular flexibility index (Phi) is 18.6. The van der Waals surface area contributed by atoms with Crippen molar-refractivity contribution in [3.8, 4) is 0 Å². The maximum Gasteiger partial charge on any atom is 0.306 e. The number of hydrogen-bond donors (Lipinski definition) is 4. The van der Waals surface area contributed by atoms with Gasteiger partial charge in [-0.15, -0.1) is 0 Å². The highest BCUT2D eigenvalue weighted by Gasteiger charge is 2.17. The van der Waals surface area contributed by atoms with Crippen molar-refractivity contribution in [3.05, 3.63) is 60.8 Å². The van der Waals surface area contributed by atoms with Crippen LogP contribution in [0.1, 0.15) is 46.0 Å². The second kappa shape index (κ2) is 20.1. The minimum absolute atomic E-state index is 0.00807. The zero-order valence-electron chi connectivity index (χ0n) is 19.5. The van der Waals surface area contributed by atoms with E-state index < -0.39 is 43.0 Å². The molecule has 0 saturated heterocycles. The van der Waals surface area contributed by atoms with Crippen LogP contribution in [-0.2, 0) is 19.1 Å². The summed E-state index contributed by atoms with van der Waals surface area (Å²) in [6, 6.07) is 0. The third kappa shape index (κ3) is 18.7. The summed E-state index contributed by atoms with van der Waals surface area (Å²) >= 11 is 0. The first-order chi connectivity index (χ1) is 15.8. The van der Waals surface area contributed by atoms with Crippen LogP contribution in [0.3, 0.4) is 0 Å². The van der Waals surface area contributed by atoms with Crippen molar-refractivity contribution in [2.24, 2.45) is 0 Å². The number of carbonyl (C=O) groups is 2. The molecule has 186 valence electrons. The minimum Gasteiger partial charge on any atom is -0.462 e. The van der Waals surface area contributed by atoms with E-state index in [-0.39, 0.29) is 25.9 Å². The first-order valence-electron chi connectivity index (χ1n) is 11.1. The van der Waals surface area contributed by atoms with Crippen molar-refractivity contribution in [1.29, 1.82) is 0 Å². The molecule has 0 aromatic carbocycles. The smallest absolute Gasteiger partial charge is 0.306 e. The normalized spacial score (nSPS) is 16.2. The number of carbonyl (C=O) groups excluding carboxylic acids is 2. The number of aliphatic hydroxyl groups is 4. The van der Waals surface area contributed by atoms with Crippen molar-refractivity contribution in [1.82, 2.24) is 0 Å². The summed E-state index contributed by atoms with van der Waals surface area (Å²) in [6.07, 6.45) is 15.8. The molecule has 0 rings (SSSR count). The molecule has 4 atom stereocenters. The molecule has 8 nitrogen and oxygen atoms in total. The fourth-order valence-corrected chi connectivity index (χ4v) is 2.44. The van der Waals surface area contributed by atoms with Gasteiger partial charge in [-0.25, -0.2) is 0 Å². The van der Waals surface area contributed by atoms with Gasteiger partial charge >= 0.3 is 11.9 Å². The molecule has 0 aromatic rings. The van der Waals surface area contributed by atoms with E-state index in [0.29, 0.717) is 6.42 Å². The van der Waals surface area contributed by atoms with Crippen LogP contribution in [0.4, 0.5) is 0 Å². The number of rotatable bonds is 17. The summed E-state index contributed by atoms with van der Waals surface area (Å²) in [5.74, 6) is -1.13. The summed E-state index contributed by atoms with van der Waals surface area (Å²) < 4.78 is 9.67. The molecular weight excluding hydrogens is 428 g/mol. The molecule has 0 aliphatic rings. The molecule has 0 heterocycles. The first-order valence-corrected chi connectivity index (χ1v) is 11.1. The van der Waals surface area contributed by atoms with E-state index in [9.17, 15) is 24.9 Å². The summed E-state index contributed by atoms with van der Waals surface area (Å²) in [4.78, 5) is 22.5. The largest absolute Gasteiger partial charge is 0.462 e. The number of ether oxygens (including phenoxy) is 2. The second-order valence-electron chi connectivity index (χ2n) is 7.27. The quantitative estimate of drug-likeness (QED) is 0.146. The molecule has 0 bridgehead atoms. The van der Waals surface area contributed by atoms with Gasteiger partial charge in [0.2, 0.25) is 0 Å². The molecule has 0 spiro atoms. The Morgan fingerprint density at radius 1 is 0.939 bits per heavy atom. The molecule has 0 saturated carbocycles. The van der Waals surface area contributed by atoms with Gasteiger partial charge in [0, 0.05) is 13.3 Å². The molecule has 0 radical (unpaired) electrons. The summed E-state index contributed by atoms with van der Waals surface area (Å²) in [7, 11) is 0. The SMILES string of the molecule is CC/C=C\C[C@H](O)/C=C/C=C/C=C\C=C/[C@@H](O)[C@H](O)CCCC(=O)O[C@@H](CO)COC(C)=O. The number of esters is 2. The Balaban J connectivity index is 4.15. The van der Waals surface area contributed by atoms with Gasteiger partial charge in [-0.3, -0.25) is 9.59 Å². The van der Waals surface area contributed by atoms with Crippen molar-refractivity contribution < 1.29 is 39.5 Å². The van der Waals surface area contributed by atoms with Gasteiger partial charge < -0.3 is 29.9 Å². The lowest BCUT2D eigenvalue weighted by Gasteiger charge is -2.16. The lowest BCUT2D eigenvalue weighted by Crippen LogP contribution is -2.28. The monoisotopic (exact) mass is 466 g/mol. The zero-order valence-corrected chi connectivity index (χ0v) is 19.5. The number of allylic oxidation sites excluding steroid dienone is 7. The van der Waals surface area contributed by atoms with Gasteiger partial charge in [-0.1, -0.05) is 67.7 Å².